The van der Waals surface area contributed by atoms with Crippen LogP contribution >= 0.6 is 11.6 Å². The van der Waals surface area contributed by atoms with E-state index >= 15 is 0 Å². The van der Waals surface area contributed by atoms with Gasteiger partial charge in [-0.3, -0.25) is 14.8 Å². The summed E-state index contributed by atoms with van der Waals surface area (Å²) in [7, 11) is -2.96. The molecule has 0 aromatic heterocycles. The molecule has 0 radical (unpaired) electrons. The van der Waals surface area contributed by atoms with Gasteiger partial charge >= 0.3 is 0 Å². The molecule has 9 nitrogen and oxygen atoms in total. The predicted octanol–water partition coefficient (Wildman–Crippen LogP) is 2.27. The van der Waals surface area contributed by atoms with Crippen molar-refractivity contribution < 1.29 is 28.0 Å². The highest BCUT2D eigenvalue weighted by molar-refractivity contribution is 7.92. The number of hydroxylamine groups is 1. The molecule has 174 valence electrons. The number of nitrogens with two attached hydrogens (primary N) is 1. The maximum Gasteiger partial charge on any atom is 0.263 e. The molecule has 11 heteroatoms. The molecule has 0 fully saturated rings. The number of rotatable bonds is 9. The Morgan fingerprint density at radius 1 is 1.09 bits per heavy atom. The van der Waals surface area contributed by atoms with E-state index in [1.165, 1.54) is 36.8 Å². The molecule has 32 heavy (non-hydrogen) atoms. The molecule has 0 saturated heterocycles. The Kier molecular flexibility index (Phi) is 8.24. The van der Waals surface area contributed by atoms with Crippen molar-refractivity contribution in [2.45, 2.75) is 36.0 Å². The van der Waals surface area contributed by atoms with E-state index in [4.69, 9.17) is 27.3 Å². The zero-order valence-corrected chi connectivity index (χ0v) is 19.4. The molecule has 0 aliphatic heterocycles. The highest BCUT2D eigenvalue weighted by atomic mass is 35.5. The third-order valence-electron chi connectivity index (χ3n) is 5.19. The van der Waals surface area contributed by atoms with Crippen molar-refractivity contribution in [2.24, 2.45) is 11.7 Å². The smallest absolute Gasteiger partial charge is 0.263 e. The van der Waals surface area contributed by atoms with E-state index in [1.54, 1.807) is 38.1 Å². The Labute approximate surface area is 191 Å². The van der Waals surface area contributed by atoms with Crippen molar-refractivity contribution in [3.8, 4) is 11.5 Å². The normalized spacial score (nSPS) is 14.3. The molecular weight excluding hydrogens is 458 g/mol. The number of carbonyl (C=O) groups excluding carboxylic acids is 2. The largest absolute Gasteiger partial charge is 0.457 e. The molecule has 0 heterocycles. The first-order valence-electron chi connectivity index (χ1n) is 9.68. The van der Waals surface area contributed by atoms with Gasteiger partial charge in [-0.1, -0.05) is 25.4 Å². The molecule has 2 rings (SSSR count). The number of amides is 2. The van der Waals surface area contributed by atoms with Crippen LogP contribution in [0.3, 0.4) is 0 Å². The van der Waals surface area contributed by atoms with Crippen LogP contribution in [0.25, 0.3) is 0 Å². The van der Waals surface area contributed by atoms with Crippen LogP contribution in [0.1, 0.15) is 20.3 Å². The van der Waals surface area contributed by atoms with Crippen LogP contribution in [0, 0.1) is 5.92 Å². The molecule has 2 amide bonds. The minimum Gasteiger partial charge on any atom is -0.457 e. The van der Waals surface area contributed by atoms with Gasteiger partial charge in [0.05, 0.1) is 4.90 Å². The second kappa shape index (κ2) is 10.3. The van der Waals surface area contributed by atoms with Gasteiger partial charge in [0.1, 0.15) is 22.3 Å². The van der Waals surface area contributed by atoms with Gasteiger partial charge < -0.3 is 15.8 Å². The lowest BCUT2D eigenvalue weighted by Gasteiger charge is -2.33. The van der Waals surface area contributed by atoms with Gasteiger partial charge in [0.2, 0.25) is 5.91 Å². The van der Waals surface area contributed by atoms with E-state index < -0.39 is 44.8 Å². The molecule has 0 aliphatic rings. The van der Waals surface area contributed by atoms with Crippen LogP contribution in [0.4, 0.5) is 0 Å². The SMILES string of the molecule is CNC(=O)[C@@H](CC(N)(C(=O)NO)C(C)C)S(=O)(=O)c1ccc(Oc2ccc(Cl)cc2)cc1. The van der Waals surface area contributed by atoms with Gasteiger partial charge in [0, 0.05) is 18.5 Å². The molecule has 2 aromatic rings. The summed E-state index contributed by atoms with van der Waals surface area (Å²) in [6.45, 7) is 3.18. The molecule has 0 saturated carbocycles. The monoisotopic (exact) mass is 483 g/mol. The van der Waals surface area contributed by atoms with Gasteiger partial charge in [-0.05, 0) is 54.4 Å². The summed E-state index contributed by atoms with van der Waals surface area (Å²) in [5.41, 5.74) is 5.79. The second-order valence-electron chi connectivity index (χ2n) is 7.52. The molecular formula is C21H26ClN3O6S. The van der Waals surface area contributed by atoms with E-state index in [1.807, 2.05) is 0 Å². The van der Waals surface area contributed by atoms with Crippen LogP contribution in [-0.4, -0.2) is 43.3 Å². The lowest BCUT2D eigenvalue weighted by molar-refractivity contribution is -0.137. The minimum absolute atomic E-state index is 0.148. The standard InChI is InChI=1S/C21H26ClN3O6S/c1-13(2)21(23,20(27)25-28)12-18(19(26)24-3)32(29,30)17-10-8-16(9-11-17)31-15-6-4-14(22)5-7-15/h4-11,13,18,28H,12,23H2,1-3H3,(H,24,26)(H,25,27)/t18-,21?/m1/s1. The zero-order valence-electron chi connectivity index (χ0n) is 17.8. The van der Waals surface area contributed by atoms with Crippen LogP contribution in [0.2, 0.25) is 5.02 Å². The van der Waals surface area contributed by atoms with E-state index in [0.717, 1.165) is 0 Å². The third kappa shape index (κ3) is 5.57. The number of carbonyl (C=O) groups is 2. The third-order valence-corrected chi connectivity index (χ3v) is 7.50. The molecule has 2 atom stereocenters. The average Bonchev–Trinajstić information content (AvgIpc) is 2.77. The minimum atomic E-state index is -4.24. The quantitative estimate of drug-likeness (QED) is 0.316. The first-order valence-corrected chi connectivity index (χ1v) is 11.6. The first-order chi connectivity index (χ1) is 14.9. The maximum absolute atomic E-state index is 13.3. The Hall–Kier alpha value is -2.66. The van der Waals surface area contributed by atoms with Crippen LogP contribution in [-0.2, 0) is 19.4 Å². The van der Waals surface area contributed by atoms with Crippen molar-refractivity contribution in [3.63, 3.8) is 0 Å². The van der Waals surface area contributed by atoms with Crippen LogP contribution < -0.4 is 21.3 Å². The van der Waals surface area contributed by atoms with Crippen LogP contribution in [0.5, 0.6) is 11.5 Å². The summed E-state index contributed by atoms with van der Waals surface area (Å²) in [6, 6.07) is 12.1. The number of nitrogens with one attached hydrogen (secondary N) is 2. The topological polar surface area (TPSA) is 148 Å². The van der Waals surface area contributed by atoms with Crippen molar-refractivity contribution in [3.05, 3.63) is 53.6 Å². The van der Waals surface area contributed by atoms with Gasteiger partial charge in [-0.25, -0.2) is 13.9 Å². The van der Waals surface area contributed by atoms with E-state index in [2.05, 4.69) is 5.32 Å². The number of sulfone groups is 1. The van der Waals surface area contributed by atoms with Crippen molar-refractivity contribution >= 4 is 33.3 Å². The summed E-state index contributed by atoms with van der Waals surface area (Å²) in [4.78, 5) is 24.5. The molecule has 0 aliphatic carbocycles. The average molecular weight is 484 g/mol. The zero-order chi connectivity index (χ0) is 24.1. The molecule has 1 unspecified atom stereocenters. The van der Waals surface area contributed by atoms with E-state index in [-0.39, 0.29) is 4.90 Å². The summed E-state index contributed by atoms with van der Waals surface area (Å²) in [5, 5.41) is 10.2. The molecule has 0 spiro atoms. The highest BCUT2D eigenvalue weighted by Crippen LogP contribution is 2.29. The van der Waals surface area contributed by atoms with Crippen LogP contribution in [0.15, 0.2) is 53.4 Å². The number of benzene rings is 2. The van der Waals surface area contributed by atoms with Gasteiger partial charge in [0.15, 0.2) is 9.84 Å². The van der Waals surface area contributed by atoms with E-state index in [0.29, 0.717) is 16.5 Å². The van der Waals surface area contributed by atoms with Crippen molar-refractivity contribution in [2.75, 3.05) is 7.05 Å². The number of hydrogen-bond acceptors (Lipinski definition) is 7. The van der Waals surface area contributed by atoms with Crippen molar-refractivity contribution in [1.82, 2.24) is 10.8 Å². The number of hydrogen-bond donors (Lipinski definition) is 4. The second-order valence-corrected chi connectivity index (χ2v) is 10.1. The first kappa shape index (κ1) is 25.6. The Bertz CT molecular complexity index is 1060. The predicted molar refractivity (Wildman–Crippen MR) is 119 cm³/mol. The number of halogens is 1. The Balaban J connectivity index is 2.36. The lowest BCUT2D eigenvalue weighted by Crippen LogP contribution is -2.60. The van der Waals surface area contributed by atoms with Gasteiger partial charge in [-0.2, -0.15) is 0 Å². The summed E-state index contributed by atoms with van der Waals surface area (Å²) < 4.78 is 32.2. The summed E-state index contributed by atoms with van der Waals surface area (Å²) >= 11 is 5.84. The Morgan fingerprint density at radius 3 is 2.03 bits per heavy atom. The summed E-state index contributed by atoms with van der Waals surface area (Å²) in [6.07, 6.45) is -0.540. The van der Waals surface area contributed by atoms with E-state index in [9.17, 15) is 18.0 Å². The Morgan fingerprint density at radius 2 is 1.59 bits per heavy atom. The fraction of sp³-hybridized carbons (Fsp3) is 0.333. The molecule has 0 bridgehead atoms. The van der Waals surface area contributed by atoms with Gasteiger partial charge in [0.25, 0.3) is 5.91 Å². The summed E-state index contributed by atoms with van der Waals surface area (Å²) in [5.74, 6) is -1.51. The lowest BCUT2D eigenvalue weighted by atomic mass is 9.82. The highest BCUT2D eigenvalue weighted by Gasteiger charge is 2.46. The maximum atomic E-state index is 13.3. The number of ether oxygens (including phenoxy) is 1. The van der Waals surface area contributed by atoms with Gasteiger partial charge in [-0.15, -0.1) is 0 Å². The molecule has 5 N–H and O–H groups in total. The fourth-order valence-electron chi connectivity index (χ4n) is 3.01. The fourth-order valence-corrected chi connectivity index (χ4v) is 4.87. The molecule has 2 aromatic carbocycles. The van der Waals surface area contributed by atoms with Crippen molar-refractivity contribution in [1.29, 1.82) is 0 Å².